The molecule has 2 heteroatoms. The second kappa shape index (κ2) is 9.85. The number of nitrogens with two attached hydrogens (primary N) is 1. The number of ether oxygens (including phenoxy) is 1. The van der Waals surface area contributed by atoms with Crippen LogP contribution in [0.1, 0.15) is 70.4 Å². The molecule has 19 heavy (non-hydrogen) atoms. The van der Waals surface area contributed by atoms with Crippen LogP contribution >= 0.6 is 0 Å². The lowest BCUT2D eigenvalue weighted by molar-refractivity contribution is 0.304. The van der Waals surface area contributed by atoms with Crippen LogP contribution in [0.2, 0.25) is 0 Å². The van der Waals surface area contributed by atoms with E-state index >= 15 is 0 Å². The van der Waals surface area contributed by atoms with Crippen molar-refractivity contribution in [1.82, 2.24) is 0 Å². The minimum atomic E-state index is 0.0714. The zero-order valence-electron chi connectivity index (χ0n) is 12.5. The number of benzene rings is 1. The van der Waals surface area contributed by atoms with Crippen LogP contribution in [0.4, 0.5) is 0 Å². The van der Waals surface area contributed by atoms with Gasteiger partial charge in [-0.1, -0.05) is 57.6 Å². The molecular weight excluding hydrogens is 234 g/mol. The van der Waals surface area contributed by atoms with Crippen LogP contribution in [0, 0.1) is 0 Å². The molecule has 0 amide bonds. The first-order valence-corrected chi connectivity index (χ1v) is 7.72. The summed E-state index contributed by atoms with van der Waals surface area (Å²) in [6.07, 6.45) is 9.20. The molecule has 1 unspecified atom stereocenters. The Morgan fingerprint density at radius 2 is 1.74 bits per heavy atom. The molecule has 1 aromatic carbocycles. The average Bonchev–Trinajstić information content (AvgIpc) is 2.42. The predicted octanol–water partition coefficient (Wildman–Crippen LogP) is 4.84. The minimum absolute atomic E-state index is 0.0714. The first kappa shape index (κ1) is 16.0. The van der Waals surface area contributed by atoms with Crippen LogP contribution in [0.3, 0.4) is 0 Å². The molecule has 2 nitrogen and oxygen atoms in total. The fourth-order valence-electron chi connectivity index (χ4n) is 2.14. The monoisotopic (exact) mass is 263 g/mol. The molecule has 0 saturated heterocycles. The van der Waals surface area contributed by atoms with E-state index in [0.29, 0.717) is 0 Å². The van der Waals surface area contributed by atoms with Crippen molar-refractivity contribution in [2.24, 2.45) is 5.73 Å². The Morgan fingerprint density at radius 1 is 1.05 bits per heavy atom. The average molecular weight is 263 g/mol. The van der Waals surface area contributed by atoms with E-state index in [0.717, 1.165) is 24.3 Å². The molecule has 0 saturated carbocycles. The van der Waals surface area contributed by atoms with Gasteiger partial charge in [-0.3, -0.25) is 0 Å². The summed E-state index contributed by atoms with van der Waals surface area (Å²) in [6.45, 7) is 5.07. The number of hydrogen-bond donors (Lipinski definition) is 1. The summed E-state index contributed by atoms with van der Waals surface area (Å²) in [5.74, 6) is 0.945. The maximum atomic E-state index is 5.86. The number of unbranched alkanes of at least 4 members (excludes halogenated alkanes) is 6. The highest BCUT2D eigenvalue weighted by Crippen LogP contribution is 2.18. The van der Waals surface area contributed by atoms with Crippen LogP contribution < -0.4 is 10.5 Å². The Balaban J connectivity index is 2.10. The standard InChI is InChI=1S/C17H29NO/c1-3-4-5-6-7-8-9-13-19-17-12-10-11-16(14-17)15(2)18/h10-12,14-15H,3-9,13,18H2,1-2H3. The Morgan fingerprint density at radius 3 is 2.42 bits per heavy atom. The molecule has 0 aliphatic heterocycles. The third-order valence-corrected chi connectivity index (χ3v) is 3.40. The van der Waals surface area contributed by atoms with Gasteiger partial charge in [-0.05, 0) is 31.0 Å². The van der Waals surface area contributed by atoms with Gasteiger partial charge in [0.25, 0.3) is 0 Å². The van der Waals surface area contributed by atoms with E-state index in [-0.39, 0.29) is 6.04 Å². The summed E-state index contributed by atoms with van der Waals surface area (Å²) < 4.78 is 5.77. The van der Waals surface area contributed by atoms with Gasteiger partial charge in [0.2, 0.25) is 0 Å². The highest BCUT2D eigenvalue weighted by Gasteiger charge is 2.01. The fourth-order valence-corrected chi connectivity index (χ4v) is 2.14. The largest absolute Gasteiger partial charge is 0.494 e. The predicted molar refractivity (Wildman–Crippen MR) is 82.5 cm³/mol. The van der Waals surface area contributed by atoms with Gasteiger partial charge in [0.05, 0.1) is 6.61 Å². The summed E-state index contributed by atoms with van der Waals surface area (Å²) in [5, 5.41) is 0. The number of rotatable bonds is 10. The van der Waals surface area contributed by atoms with E-state index in [9.17, 15) is 0 Å². The molecular formula is C17H29NO. The minimum Gasteiger partial charge on any atom is -0.494 e. The molecule has 0 aliphatic carbocycles. The van der Waals surface area contributed by atoms with Crippen molar-refractivity contribution < 1.29 is 4.74 Å². The summed E-state index contributed by atoms with van der Waals surface area (Å²) in [6, 6.07) is 8.19. The van der Waals surface area contributed by atoms with Crippen molar-refractivity contribution in [2.75, 3.05) is 6.61 Å². The van der Waals surface area contributed by atoms with Crippen LogP contribution in [0.5, 0.6) is 5.75 Å². The van der Waals surface area contributed by atoms with Gasteiger partial charge in [0.15, 0.2) is 0 Å². The van der Waals surface area contributed by atoms with E-state index in [1.807, 2.05) is 31.2 Å². The van der Waals surface area contributed by atoms with Crippen LogP contribution in [-0.2, 0) is 0 Å². The normalized spacial score (nSPS) is 12.4. The molecule has 0 radical (unpaired) electrons. The van der Waals surface area contributed by atoms with Gasteiger partial charge < -0.3 is 10.5 Å². The van der Waals surface area contributed by atoms with E-state index in [1.54, 1.807) is 0 Å². The molecule has 2 N–H and O–H groups in total. The van der Waals surface area contributed by atoms with Crippen molar-refractivity contribution in [3.63, 3.8) is 0 Å². The summed E-state index contributed by atoms with van der Waals surface area (Å²) in [4.78, 5) is 0. The molecule has 0 heterocycles. The molecule has 0 aromatic heterocycles. The first-order valence-electron chi connectivity index (χ1n) is 7.72. The lowest BCUT2D eigenvalue weighted by Gasteiger charge is -2.10. The smallest absolute Gasteiger partial charge is 0.119 e. The van der Waals surface area contributed by atoms with Gasteiger partial charge in [-0.2, -0.15) is 0 Å². The Labute approximate surface area is 118 Å². The maximum Gasteiger partial charge on any atom is 0.119 e. The highest BCUT2D eigenvalue weighted by molar-refractivity contribution is 5.30. The lowest BCUT2D eigenvalue weighted by atomic mass is 10.1. The molecule has 0 fully saturated rings. The topological polar surface area (TPSA) is 35.2 Å². The van der Waals surface area contributed by atoms with E-state index in [1.165, 1.54) is 38.5 Å². The second-order valence-corrected chi connectivity index (χ2v) is 5.33. The Bertz CT molecular complexity index is 336. The molecule has 0 spiro atoms. The number of hydrogen-bond acceptors (Lipinski definition) is 2. The highest BCUT2D eigenvalue weighted by atomic mass is 16.5. The molecule has 0 aliphatic rings. The Kier molecular flexibility index (Phi) is 8.31. The van der Waals surface area contributed by atoms with Crippen molar-refractivity contribution in [3.8, 4) is 5.75 Å². The van der Waals surface area contributed by atoms with Gasteiger partial charge in [-0.15, -0.1) is 0 Å². The lowest BCUT2D eigenvalue weighted by Crippen LogP contribution is -2.05. The second-order valence-electron chi connectivity index (χ2n) is 5.33. The van der Waals surface area contributed by atoms with Crippen molar-refractivity contribution in [1.29, 1.82) is 0 Å². The van der Waals surface area contributed by atoms with Gasteiger partial charge in [0, 0.05) is 6.04 Å². The van der Waals surface area contributed by atoms with Crippen LogP contribution in [0.15, 0.2) is 24.3 Å². The first-order chi connectivity index (χ1) is 9.24. The van der Waals surface area contributed by atoms with Gasteiger partial charge >= 0.3 is 0 Å². The zero-order chi connectivity index (χ0) is 13.9. The van der Waals surface area contributed by atoms with Crippen molar-refractivity contribution in [2.45, 2.75) is 64.8 Å². The summed E-state index contributed by atoms with van der Waals surface area (Å²) in [5.41, 5.74) is 7.00. The van der Waals surface area contributed by atoms with E-state index in [2.05, 4.69) is 6.92 Å². The van der Waals surface area contributed by atoms with Crippen molar-refractivity contribution >= 4 is 0 Å². The zero-order valence-corrected chi connectivity index (χ0v) is 12.5. The van der Waals surface area contributed by atoms with Crippen LogP contribution in [-0.4, -0.2) is 6.61 Å². The molecule has 0 bridgehead atoms. The molecule has 1 atom stereocenters. The molecule has 108 valence electrons. The molecule has 1 aromatic rings. The SMILES string of the molecule is CCCCCCCCCOc1cccc(C(C)N)c1. The third-order valence-electron chi connectivity index (χ3n) is 3.40. The quantitative estimate of drug-likeness (QED) is 0.613. The van der Waals surface area contributed by atoms with Gasteiger partial charge in [0.1, 0.15) is 5.75 Å². The third kappa shape index (κ3) is 7.22. The Hall–Kier alpha value is -1.02. The van der Waals surface area contributed by atoms with E-state index in [4.69, 9.17) is 10.5 Å². The molecule has 1 rings (SSSR count). The van der Waals surface area contributed by atoms with Crippen LogP contribution in [0.25, 0.3) is 0 Å². The van der Waals surface area contributed by atoms with Gasteiger partial charge in [-0.25, -0.2) is 0 Å². The summed E-state index contributed by atoms with van der Waals surface area (Å²) in [7, 11) is 0. The fraction of sp³-hybridized carbons (Fsp3) is 0.647. The summed E-state index contributed by atoms with van der Waals surface area (Å²) >= 11 is 0. The van der Waals surface area contributed by atoms with Crippen molar-refractivity contribution in [3.05, 3.63) is 29.8 Å². The van der Waals surface area contributed by atoms with E-state index < -0.39 is 0 Å². The maximum absolute atomic E-state index is 5.86.